The molecule has 1 aliphatic carbocycles. The standard InChI is InChI=1S/C16H22N2S/c1-3-16(8-4-5-9-16)11-18-14-7-6-12(2)10-13(14)17-15(18)19/h6-7,10H,3-5,8-9,11H2,1-2H3,(H,17,19). The summed E-state index contributed by atoms with van der Waals surface area (Å²) in [4.78, 5) is 3.36. The molecule has 0 bridgehead atoms. The predicted molar refractivity (Wildman–Crippen MR) is 83.1 cm³/mol. The quantitative estimate of drug-likeness (QED) is 0.783. The maximum Gasteiger partial charge on any atom is 0.178 e. The highest BCUT2D eigenvalue weighted by molar-refractivity contribution is 7.71. The van der Waals surface area contributed by atoms with Gasteiger partial charge in [-0.1, -0.05) is 25.8 Å². The molecule has 0 unspecified atom stereocenters. The number of H-pyrrole nitrogens is 1. The first kappa shape index (κ1) is 12.9. The van der Waals surface area contributed by atoms with Crippen LogP contribution in [0, 0.1) is 17.1 Å². The molecular formula is C16H22N2S. The highest BCUT2D eigenvalue weighted by Crippen LogP contribution is 2.42. The zero-order chi connectivity index (χ0) is 13.5. The first-order valence-electron chi connectivity index (χ1n) is 7.33. The van der Waals surface area contributed by atoms with Gasteiger partial charge in [0.2, 0.25) is 0 Å². The fraction of sp³-hybridized carbons (Fsp3) is 0.562. The lowest BCUT2D eigenvalue weighted by atomic mass is 9.83. The van der Waals surface area contributed by atoms with Gasteiger partial charge in [-0.15, -0.1) is 0 Å². The van der Waals surface area contributed by atoms with E-state index in [9.17, 15) is 0 Å². The highest BCUT2D eigenvalue weighted by atomic mass is 32.1. The average molecular weight is 274 g/mol. The number of aromatic nitrogens is 2. The Labute approximate surface area is 119 Å². The van der Waals surface area contributed by atoms with Crippen LogP contribution >= 0.6 is 12.2 Å². The minimum atomic E-state index is 0.470. The molecule has 0 atom stereocenters. The van der Waals surface area contributed by atoms with Crippen molar-refractivity contribution < 1.29 is 0 Å². The van der Waals surface area contributed by atoms with Crippen molar-refractivity contribution in [3.63, 3.8) is 0 Å². The van der Waals surface area contributed by atoms with Crippen molar-refractivity contribution >= 4 is 23.3 Å². The van der Waals surface area contributed by atoms with Crippen LogP contribution in [0.3, 0.4) is 0 Å². The zero-order valence-electron chi connectivity index (χ0n) is 11.8. The van der Waals surface area contributed by atoms with E-state index in [4.69, 9.17) is 12.2 Å². The molecule has 1 aromatic heterocycles. The van der Waals surface area contributed by atoms with Gasteiger partial charge in [-0.2, -0.15) is 0 Å². The maximum absolute atomic E-state index is 5.54. The monoisotopic (exact) mass is 274 g/mol. The Morgan fingerprint density at radius 1 is 1.32 bits per heavy atom. The average Bonchev–Trinajstić information content (AvgIpc) is 2.96. The molecule has 1 saturated carbocycles. The molecule has 0 amide bonds. The molecule has 0 spiro atoms. The van der Waals surface area contributed by atoms with E-state index in [1.807, 2.05) is 0 Å². The number of fused-ring (bicyclic) bond motifs is 1. The zero-order valence-corrected chi connectivity index (χ0v) is 12.6. The van der Waals surface area contributed by atoms with Crippen molar-refractivity contribution in [3.05, 3.63) is 28.5 Å². The fourth-order valence-corrected chi connectivity index (χ4v) is 3.79. The van der Waals surface area contributed by atoms with Gasteiger partial charge in [0, 0.05) is 6.54 Å². The van der Waals surface area contributed by atoms with Gasteiger partial charge in [-0.25, -0.2) is 0 Å². The minimum Gasteiger partial charge on any atom is -0.331 e. The molecule has 3 rings (SSSR count). The van der Waals surface area contributed by atoms with Crippen LogP contribution in [0.5, 0.6) is 0 Å². The van der Waals surface area contributed by atoms with Gasteiger partial charge in [0.15, 0.2) is 4.77 Å². The third-order valence-corrected chi connectivity index (χ3v) is 5.16. The molecule has 1 aromatic carbocycles. The van der Waals surface area contributed by atoms with Crippen LogP contribution in [-0.2, 0) is 6.54 Å². The maximum atomic E-state index is 5.54. The van der Waals surface area contributed by atoms with Crippen LogP contribution in [-0.4, -0.2) is 9.55 Å². The molecule has 1 aliphatic rings. The van der Waals surface area contributed by atoms with Crippen LogP contribution in [0.2, 0.25) is 0 Å². The second-order valence-electron chi connectivity index (χ2n) is 6.10. The van der Waals surface area contributed by atoms with Gasteiger partial charge >= 0.3 is 0 Å². The molecule has 1 N–H and O–H groups in total. The van der Waals surface area contributed by atoms with E-state index in [0.717, 1.165) is 11.3 Å². The third kappa shape index (κ3) is 2.25. The van der Waals surface area contributed by atoms with E-state index in [2.05, 4.69) is 41.6 Å². The number of nitrogens with zero attached hydrogens (tertiary/aromatic N) is 1. The smallest absolute Gasteiger partial charge is 0.178 e. The summed E-state index contributed by atoms with van der Waals surface area (Å²) < 4.78 is 3.19. The number of aromatic amines is 1. The fourth-order valence-electron chi connectivity index (χ4n) is 3.52. The summed E-state index contributed by atoms with van der Waals surface area (Å²) in [6.07, 6.45) is 6.71. The summed E-state index contributed by atoms with van der Waals surface area (Å²) >= 11 is 5.54. The summed E-state index contributed by atoms with van der Waals surface area (Å²) in [5.41, 5.74) is 4.18. The number of hydrogen-bond acceptors (Lipinski definition) is 1. The van der Waals surface area contributed by atoms with Crippen molar-refractivity contribution in [2.75, 3.05) is 0 Å². The van der Waals surface area contributed by atoms with Crippen molar-refractivity contribution in [2.45, 2.75) is 52.5 Å². The molecule has 0 saturated heterocycles. The largest absolute Gasteiger partial charge is 0.331 e. The summed E-state index contributed by atoms with van der Waals surface area (Å²) in [5, 5.41) is 0. The van der Waals surface area contributed by atoms with Gasteiger partial charge in [0.25, 0.3) is 0 Å². The number of rotatable bonds is 3. The topological polar surface area (TPSA) is 20.7 Å². The normalized spacial score (nSPS) is 18.2. The Bertz CT molecular complexity index is 644. The van der Waals surface area contributed by atoms with Gasteiger partial charge in [-0.3, -0.25) is 0 Å². The molecule has 1 heterocycles. The molecule has 0 aliphatic heterocycles. The summed E-state index contributed by atoms with van der Waals surface area (Å²) in [5.74, 6) is 0. The van der Waals surface area contributed by atoms with Crippen molar-refractivity contribution in [1.29, 1.82) is 0 Å². The molecule has 19 heavy (non-hydrogen) atoms. The highest BCUT2D eigenvalue weighted by Gasteiger charge is 2.32. The van der Waals surface area contributed by atoms with Gasteiger partial charge in [0.05, 0.1) is 11.0 Å². The predicted octanol–water partition coefficient (Wildman–Crippen LogP) is 4.98. The van der Waals surface area contributed by atoms with Crippen LogP contribution in [0.1, 0.15) is 44.6 Å². The van der Waals surface area contributed by atoms with Crippen LogP contribution in [0.4, 0.5) is 0 Å². The Morgan fingerprint density at radius 2 is 2.05 bits per heavy atom. The second kappa shape index (κ2) is 4.78. The number of aryl methyl sites for hydroxylation is 1. The summed E-state index contributed by atoms with van der Waals surface area (Å²) in [6.45, 7) is 5.53. The number of imidazole rings is 1. The number of nitrogens with one attached hydrogen (secondary N) is 1. The van der Waals surface area contributed by atoms with Gasteiger partial charge in [0.1, 0.15) is 0 Å². The molecule has 3 heteroatoms. The summed E-state index contributed by atoms with van der Waals surface area (Å²) in [6, 6.07) is 6.57. The van der Waals surface area contributed by atoms with Crippen molar-refractivity contribution in [1.82, 2.24) is 9.55 Å². The van der Waals surface area contributed by atoms with E-state index < -0.39 is 0 Å². The van der Waals surface area contributed by atoms with Crippen molar-refractivity contribution in [2.24, 2.45) is 5.41 Å². The van der Waals surface area contributed by atoms with Crippen LogP contribution in [0.15, 0.2) is 18.2 Å². The summed E-state index contributed by atoms with van der Waals surface area (Å²) in [7, 11) is 0. The van der Waals surface area contributed by atoms with Crippen LogP contribution < -0.4 is 0 Å². The molecule has 1 fully saturated rings. The van der Waals surface area contributed by atoms with E-state index in [1.54, 1.807) is 0 Å². The Kier molecular flexibility index (Phi) is 3.25. The molecular weight excluding hydrogens is 252 g/mol. The van der Waals surface area contributed by atoms with Gasteiger partial charge in [-0.05, 0) is 61.5 Å². The van der Waals surface area contributed by atoms with E-state index in [-0.39, 0.29) is 0 Å². The van der Waals surface area contributed by atoms with Crippen LogP contribution in [0.25, 0.3) is 11.0 Å². The molecule has 2 nitrogen and oxygen atoms in total. The lowest BCUT2D eigenvalue weighted by molar-refractivity contribution is 0.239. The SMILES string of the molecule is CCC1(Cn2c(=S)[nH]c3cc(C)ccc32)CCCC1. The number of hydrogen-bond donors (Lipinski definition) is 1. The molecule has 2 aromatic rings. The Hall–Kier alpha value is -1.09. The van der Waals surface area contributed by atoms with E-state index >= 15 is 0 Å². The van der Waals surface area contributed by atoms with Crippen molar-refractivity contribution in [3.8, 4) is 0 Å². The Morgan fingerprint density at radius 3 is 2.74 bits per heavy atom. The van der Waals surface area contributed by atoms with E-state index in [1.165, 1.54) is 48.7 Å². The molecule has 0 radical (unpaired) electrons. The molecule has 102 valence electrons. The first-order valence-corrected chi connectivity index (χ1v) is 7.74. The Balaban J connectivity index is 2.05. The first-order chi connectivity index (χ1) is 9.13. The lowest BCUT2D eigenvalue weighted by Crippen LogP contribution is -2.22. The minimum absolute atomic E-state index is 0.470. The van der Waals surface area contributed by atoms with E-state index in [0.29, 0.717) is 5.41 Å². The lowest BCUT2D eigenvalue weighted by Gasteiger charge is -2.28. The second-order valence-corrected chi connectivity index (χ2v) is 6.48. The third-order valence-electron chi connectivity index (χ3n) is 4.84. The van der Waals surface area contributed by atoms with Gasteiger partial charge < -0.3 is 9.55 Å². The number of benzene rings is 1.